The molecule has 2 aromatic rings. The van der Waals surface area contributed by atoms with E-state index in [0.717, 1.165) is 17.0 Å². The minimum Gasteiger partial charge on any atom is -0.346 e. The summed E-state index contributed by atoms with van der Waals surface area (Å²) in [6, 6.07) is 8.06. The Kier molecular flexibility index (Phi) is 4.53. The summed E-state index contributed by atoms with van der Waals surface area (Å²) in [4.78, 5) is 24.7. The van der Waals surface area contributed by atoms with Gasteiger partial charge in [0.2, 0.25) is 5.91 Å². The van der Waals surface area contributed by atoms with Crippen molar-refractivity contribution in [2.45, 2.75) is 17.9 Å². The Morgan fingerprint density at radius 1 is 1.21 bits per heavy atom. The number of amides is 2. The number of anilines is 1. The Bertz CT molecular complexity index is 826. The molecular formula is C17H14F2N2O2S. The number of nitrogens with one attached hydrogen (secondary N) is 2. The molecule has 0 spiro atoms. The molecule has 2 amide bonds. The molecule has 0 aliphatic carbocycles. The highest BCUT2D eigenvalue weighted by atomic mass is 32.2. The zero-order chi connectivity index (χ0) is 17.3. The lowest BCUT2D eigenvalue weighted by molar-refractivity contribution is -0.113. The molecule has 1 unspecified atom stereocenters. The quantitative estimate of drug-likeness (QED) is 0.893. The Morgan fingerprint density at radius 3 is 2.75 bits per heavy atom. The molecule has 0 radical (unpaired) electrons. The number of rotatable bonds is 3. The minimum absolute atomic E-state index is 0.111. The molecule has 4 nitrogen and oxygen atoms in total. The third-order valence-electron chi connectivity index (χ3n) is 3.67. The van der Waals surface area contributed by atoms with Gasteiger partial charge in [-0.15, -0.1) is 11.8 Å². The SMILES string of the molecule is CC(NC(=O)c1ccc2c(c1)NC(=O)CS2)c1ccc(F)c(F)c1. The molecule has 124 valence electrons. The minimum atomic E-state index is -0.956. The predicted molar refractivity (Wildman–Crippen MR) is 88.0 cm³/mol. The van der Waals surface area contributed by atoms with E-state index in [4.69, 9.17) is 0 Å². The maximum absolute atomic E-state index is 13.3. The average Bonchev–Trinajstić information content (AvgIpc) is 2.56. The highest BCUT2D eigenvalue weighted by molar-refractivity contribution is 8.00. The number of hydrogen-bond donors (Lipinski definition) is 2. The van der Waals surface area contributed by atoms with Gasteiger partial charge in [-0.25, -0.2) is 8.78 Å². The first-order valence-electron chi connectivity index (χ1n) is 7.26. The van der Waals surface area contributed by atoms with Crippen LogP contribution in [-0.2, 0) is 4.79 Å². The van der Waals surface area contributed by atoms with E-state index in [1.807, 2.05) is 0 Å². The molecule has 2 N–H and O–H groups in total. The number of carbonyl (C=O) groups is 2. The van der Waals surface area contributed by atoms with E-state index in [9.17, 15) is 18.4 Å². The number of carbonyl (C=O) groups excluding carboxylic acids is 2. The number of fused-ring (bicyclic) bond motifs is 1. The largest absolute Gasteiger partial charge is 0.346 e. The normalized spacial score (nSPS) is 14.5. The van der Waals surface area contributed by atoms with Crippen molar-refractivity contribution in [1.82, 2.24) is 5.32 Å². The third kappa shape index (κ3) is 3.41. The third-order valence-corrected chi connectivity index (χ3v) is 4.74. The molecule has 2 aromatic carbocycles. The maximum Gasteiger partial charge on any atom is 0.251 e. The monoisotopic (exact) mass is 348 g/mol. The van der Waals surface area contributed by atoms with Crippen molar-refractivity contribution in [2.75, 3.05) is 11.1 Å². The standard InChI is InChI=1S/C17H14F2N2O2S/c1-9(10-2-4-12(18)13(19)6-10)20-17(23)11-3-5-15-14(7-11)21-16(22)8-24-15/h2-7,9H,8H2,1H3,(H,20,23)(H,21,22). The van der Waals surface area contributed by atoms with E-state index in [2.05, 4.69) is 10.6 Å². The summed E-state index contributed by atoms with van der Waals surface area (Å²) in [7, 11) is 0. The number of halogens is 2. The topological polar surface area (TPSA) is 58.2 Å². The van der Waals surface area contributed by atoms with Crippen LogP contribution in [0, 0.1) is 11.6 Å². The van der Waals surface area contributed by atoms with Gasteiger partial charge in [-0.2, -0.15) is 0 Å². The Labute approximate surface area is 141 Å². The average molecular weight is 348 g/mol. The second kappa shape index (κ2) is 6.60. The molecule has 0 saturated heterocycles. The lowest BCUT2D eigenvalue weighted by Crippen LogP contribution is -2.27. The van der Waals surface area contributed by atoms with Crippen LogP contribution in [0.3, 0.4) is 0 Å². The van der Waals surface area contributed by atoms with E-state index in [-0.39, 0.29) is 11.8 Å². The molecule has 24 heavy (non-hydrogen) atoms. The second-order valence-corrected chi connectivity index (χ2v) is 6.43. The summed E-state index contributed by atoms with van der Waals surface area (Å²) in [5, 5.41) is 5.45. The van der Waals surface area contributed by atoms with Crippen LogP contribution in [0.4, 0.5) is 14.5 Å². The lowest BCUT2D eigenvalue weighted by Gasteiger charge is -2.18. The first-order valence-corrected chi connectivity index (χ1v) is 8.25. The van der Waals surface area contributed by atoms with Crippen molar-refractivity contribution in [3.63, 3.8) is 0 Å². The van der Waals surface area contributed by atoms with Gasteiger partial charge in [0.1, 0.15) is 0 Å². The molecular weight excluding hydrogens is 334 g/mol. The summed E-state index contributed by atoms with van der Waals surface area (Å²) in [5.74, 6) is -2.01. The molecule has 1 heterocycles. The van der Waals surface area contributed by atoms with Crippen LogP contribution in [0.2, 0.25) is 0 Å². The second-order valence-electron chi connectivity index (χ2n) is 5.42. The maximum atomic E-state index is 13.3. The smallest absolute Gasteiger partial charge is 0.251 e. The van der Waals surface area contributed by atoms with E-state index >= 15 is 0 Å². The van der Waals surface area contributed by atoms with Crippen LogP contribution >= 0.6 is 11.8 Å². The molecule has 0 bridgehead atoms. The van der Waals surface area contributed by atoms with Crippen LogP contribution < -0.4 is 10.6 Å². The summed E-state index contributed by atoms with van der Waals surface area (Å²) >= 11 is 1.41. The van der Waals surface area contributed by atoms with Crippen LogP contribution in [0.5, 0.6) is 0 Å². The van der Waals surface area contributed by atoms with Crippen molar-refractivity contribution in [3.05, 3.63) is 59.2 Å². The van der Waals surface area contributed by atoms with Crippen LogP contribution in [0.1, 0.15) is 28.9 Å². The van der Waals surface area contributed by atoms with Gasteiger partial charge in [0.05, 0.1) is 17.5 Å². The van der Waals surface area contributed by atoms with Gasteiger partial charge >= 0.3 is 0 Å². The van der Waals surface area contributed by atoms with Gasteiger partial charge in [0, 0.05) is 10.5 Å². The van der Waals surface area contributed by atoms with Crippen molar-refractivity contribution >= 4 is 29.3 Å². The Balaban J connectivity index is 1.76. The van der Waals surface area contributed by atoms with Gasteiger partial charge in [-0.1, -0.05) is 6.07 Å². The van der Waals surface area contributed by atoms with E-state index in [1.165, 1.54) is 17.8 Å². The molecule has 0 saturated carbocycles. The molecule has 1 atom stereocenters. The molecule has 1 aliphatic rings. The van der Waals surface area contributed by atoms with Gasteiger partial charge in [0.15, 0.2) is 11.6 Å². The van der Waals surface area contributed by atoms with Crippen molar-refractivity contribution in [2.24, 2.45) is 0 Å². The fraction of sp³-hybridized carbons (Fsp3) is 0.176. The lowest BCUT2D eigenvalue weighted by atomic mass is 10.1. The highest BCUT2D eigenvalue weighted by Gasteiger charge is 2.18. The van der Waals surface area contributed by atoms with Gasteiger partial charge in [0.25, 0.3) is 5.91 Å². The van der Waals surface area contributed by atoms with Crippen LogP contribution in [0.15, 0.2) is 41.3 Å². The van der Waals surface area contributed by atoms with Crippen LogP contribution in [0.25, 0.3) is 0 Å². The van der Waals surface area contributed by atoms with Crippen molar-refractivity contribution in [3.8, 4) is 0 Å². The van der Waals surface area contributed by atoms with Crippen molar-refractivity contribution in [1.29, 1.82) is 0 Å². The number of hydrogen-bond acceptors (Lipinski definition) is 3. The van der Waals surface area contributed by atoms with Gasteiger partial charge < -0.3 is 10.6 Å². The number of thioether (sulfide) groups is 1. The van der Waals surface area contributed by atoms with E-state index in [0.29, 0.717) is 22.6 Å². The van der Waals surface area contributed by atoms with Crippen LogP contribution in [-0.4, -0.2) is 17.6 Å². The molecule has 1 aliphatic heterocycles. The Morgan fingerprint density at radius 2 is 2.00 bits per heavy atom. The summed E-state index contributed by atoms with van der Waals surface area (Å²) < 4.78 is 26.3. The first kappa shape index (κ1) is 16.4. The molecule has 0 aromatic heterocycles. The fourth-order valence-corrected chi connectivity index (χ4v) is 3.16. The predicted octanol–water partition coefficient (Wildman–Crippen LogP) is 3.50. The fourth-order valence-electron chi connectivity index (χ4n) is 2.37. The van der Waals surface area contributed by atoms with E-state index in [1.54, 1.807) is 25.1 Å². The highest BCUT2D eigenvalue weighted by Crippen LogP contribution is 2.32. The summed E-state index contributed by atoms with van der Waals surface area (Å²) in [5.41, 5.74) is 1.44. The first-order chi connectivity index (χ1) is 11.4. The summed E-state index contributed by atoms with van der Waals surface area (Å²) in [6.45, 7) is 1.68. The molecule has 7 heteroatoms. The molecule has 0 fully saturated rings. The molecule has 3 rings (SSSR count). The zero-order valence-corrected chi connectivity index (χ0v) is 13.5. The van der Waals surface area contributed by atoms with E-state index < -0.39 is 17.7 Å². The number of benzene rings is 2. The van der Waals surface area contributed by atoms with Gasteiger partial charge in [-0.3, -0.25) is 9.59 Å². The van der Waals surface area contributed by atoms with Gasteiger partial charge in [-0.05, 0) is 42.8 Å². The van der Waals surface area contributed by atoms with Crippen molar-refractivity contribution < 1.29 is 18.4 Å². The zero-order valence-electron chi connectivity index (χ0n) is 12.7. The summed E-state index contributed by atoms with van der Waals surface area (Å²) in [6.07, 6.45) is 0. The Hall–Kier alpha value is -2.41.